The summed E-state index contributed by atoms with van der Waals surface area (Å²) in [7, 11) is 0. The molecule has 0 bridgehead atoms. The Hall–Kier alpha value is -0.940. The second-order valence-electron chi connectivity index (χ2n) is 4.35. The van der Waals surface area contributed by atoms with Gasteiger partial charge in [0.1, 0.15) is 0 Å². The van der Waals surface area contributed by atoms with Crippen LogP contribution in [-0.4, -0.2) is 41.3 Å². The fourth-order valence-corrected chi connectivity index (χ4v) is 2.09. The third-order valence-corrected chi connectivity index (χ3v) is 3.24. The minimum absolute atomic E-state index is 0.459. The molecule has 3 rings (SSSR count). The summed E-state index contributed by atoms with van der Waals surface area (Å²) in [5.74, 6) is 0.459. The largest absolute Gasteiger partial charge is 0.381 e. The Kier molecular flexibility index (Phi) is 2.42. The van der Waals surface area contributed by atoms with Crippen LogP contribution in [0, 0.1) is 0 Å². The molecule has 2 saturated heterocycles. The first-order valence-corrected chi connectivity index (χ1v) is 5.63. The third-order valence-electron chi connectivity index (χ3n) is 3.24. The highest BCUT2D eigenvalue weighted by Gasteiger charge is 2.23. The normalized spacial score (nSPS) is 27.6. The van der Waals surface area contributed by atoms with Crippen molar-refractivity contribution in [3.8, 4) is 0 Å². The number of aromatic nitrogens is 3. The SMILES string of the molecule is c1c(C2CCCOC2)nnn1C1CNC1. The van der Waals surface area contributed by atoms with Gasteiger partial charge in [0.05, 0.1) is 18.3 Å². The molecule has 2 fully saturated rings. The van der Waals surface area contributed by atoms with Crippen LogP contribution in [0.5, 0.6) is 0 Å². The van der Waals surface area contributed by atoms with Crippen molar-refractivity contribution in [3.63, 3.8) is 0 Å². The quantitative estimate of drug-likeness (QED) is 0.760. The van der Waals surface area contributed by atoms with Gasteiger partial charge in [-0.2, -0.15) is 0 Å². The summed E-state index contributed by atoms with van der Waals surface area (Å²) in [5, 5.41) is 11.7. The van der Waals surface area contributed by atoms with Crippen LogP contribution in [-0.2, 0) is 4.74 Å². The number of nitrogens with zero attached hydrogens (tertiary/aromatic N) is 3. The van der Waals surface area contributed by atoms with E-state index in [1.54, 1.807) is 0 Å². The molecule has 2 aliphatic heterocycles. The molecular weight excluding hydrogens is 192 g/mol. The topological polar surface area (TPSA) is 52.0 Å². The second-order valence-corrected chi connectivity index (χ2v) is 4.35. The molecule has 1 aromatic heterocycles. The molecule has 2 aliphatic rings. The van der Waals surface area contributed by atoms with Gasteiger partial charge in [-0.05, 0) is 12.8 Å². The molecule has 0 amide bonds. The lowest BCUT2D eigenvalue weighted by atomic mass is 9.99. The predicted octanol–water partition coefficient (Wildman–Crippen LogP) is 0.316. The Morgan fingerprint density at radius 3 is 3.07 bits per heavy atom. The molecule has 0 aromatic carbocycles. The molecule has 1 atom stereocenters. The maximum atomic E-state index is 5.46. The van der Waals surface area contributed by atoms with Gasteiger partial charge in [-0.15, -0.1) is 5.10 Å². The molecule has 0 radical (unpaired) electrons. The number of hydrogen-bond acceptors (Lipinski definition) is 4. The highest BCUT2D eigenvalue weighted by atomic mass is 16.5. The fraction of sp³-hybridized carbons (Fsp3) is 0.800. The fourth-order valence-electron chi connectivity index (χ4n) is 2.09. The third kappa shape index (κ3) is 1.77. The van der Waals surface area contributed by atoms with E-state index in [9.17, 15) is 0 Å². The first-order valence-electron chi connectivity index (χ1n) is 5.63. The molecule has 82 valence electrons. The standard InChI is InChI=1S/C10H16N4O/c1-2-8(7-15-3-1)10-6-14(13-12-10)9-4-11-5-9/h6,8-9,11H,1-5,7H2. The van der Waals surface area contributed by atoms with Crippen LogP contribution < -0.4 is 5.32 Å². The molecule has 1 aromatic rings. The maximum absolute atomic E-state index is 5.46. The van der Waals surface area contributed by atoms with Crippen LogP contribution in [0.3, 0.4) is 0 Å². The van der Waals surface area contributed by atoms with Crippen molar-refractivity contribution in [1.82, 2.24) is 20.3 Å². The van der Waals surface area contributed by atoms with Gasteiger partial charge < -0.3 is 10.1 Å². The molecule has 1 unspecified atom stereocenters. The lowest BCUT2D eigenvalue weighted by Crippen LogP contribution is -2.43. The zero-order valence-corrected chi connectivity index (χ0v) is 8.72. The van der Waals surface area contributed by atoms with Crippen molar-refractivity contribution in [2.24, 2.45) is 0 Å². The Morgan fingerprint density at radius 2 is 2.40 bits per heavy atom. The summed E-state index contributed by atoms with van der Waals surface area (Å²) in [6, 6.07) is 0.510. The van der Waals surface area contributed by atoms with Crippen molar-refractivity contribution in [2.75, 3.05) is 26.3 Å². The van der Waals surface area contributed by atoms with Gasteiger partial charge in [0.15, 0.2) is 0 Å². The van der Waals surface area contributed by atoms with Crippen LogP contribution in [0.15, 0.2) is 6.20 Å². The van der Waals surface area contributed by atoms with Crippen molar-refractivity contribution in [2.45, 2.75) is 24.8 Å². The molecule has 1 N–H and O–H groups in total. The van der Waals surface area contributed by atoms with Gasteiger partial charge >= 0.3 is 0 Å². The van der Waals surface area contributed by atoms with Crippen LogP contribution in [0.1, 0.15) is 30.5 Å². The van der Waals surface area contributed by atoms with Gasteiger partial charge in [0.25, 0.3) is 0 Å². The Bertz CT molecular complexity index is 328. The Labute approximate surface area is 88.8 Å². The van der Waals surface area contributed by atoms with E-state index < -0.39 is 0 Å². The van der Waals surface area contributed by atoms with Gasteiger partial charge in [-0.25, -0.2) is 4.68 Å². The summed E-state index contributed by atoms with van der Waals surface area (Å²) >= 11 is 0. The Balaban J connectivity index is 1.71. The van der Waals surface area contributed by atoms with E-state index in [0.717, 1.165) is 38.4 Å². The van der Waals surface area contributed by atoms with Crippen LogP contribution in [0.25, 0.3) is 0 Å². The van der Waals surface area contributed by atoms with Gasteiger partial charge in [0, 0.05) is 31.8 Å². The zero-order valence-electron chi connectivity index (χ0n) is 8.72. The van der Waals surface area contributed by atoms with Crippen LogP contribution in [0.4, 0.5) is 0 Å². The second kappa shape index (κ2) is 3.90. The lowest BCUT2D eigenvalue weighted by Gasteiger charge is -2.26. The first-order chi connectivity index (χ1) is 7.43. The first kappa shape index (κ1) is 9.30. The zero-order chi connectivity index (χ0) is 10.1. The maximum Gasteiger partial charge on any atom is 0.0881 e. The minimum atomic E-state index is 0.459. The summed E-state index contributed by atoms with van der Waals surface area (Å²) < 4.78 is 7.44. The van der Waals surface area contributed by atoms with E-state index in [0.29, 0.717) is 12.0 Å². The summed E-state index contributed by atoms with van der Waals surface area (Å²) in [5.41, 5.74) is 1.10. The molecule has 5 nitrogen and oxygen atoms in total. The summed E-state index contributed by atoms with van der Waals surface area (Å²) in [6.45, 7) is 3.74. The van der Waals surface area contributed by atoms with Crippen molar-refractivity contribution in [3.05, 3.63) is 11.9 Å². The van der Waals surface area contributed by atoms with E-state index in [-0.39, 0.29) is 0 Å². The molecular formula is C10H16N4O. The van der Waals surface area contributed by atoms with E-state index in [1.165, 1.54) is 6.42 Å². The van der Waals surface area contributed by atoms with Crippen molar-refractivity contribution < 1.29 is 4.74 Å². The van der Waals surface area contributed by atoms with Gasteiger partial charge in [-0.3, -0.25) is 0 Å². The monoisotopic (exact) mass is 208 g/mol. The van der Waals surface area contributed by atoms with Crippen LogP contribution >= 0.6 is 0 Å². The average molecular weight is 208 g/mol. The number of hydrogen-bond donors (Lipinski definition) is 1. The van der Waals surface area contributed by atoms with E-state index >= 15 is 0 Å². The number of ether oxygens (including phenoxy) is 1. The molecule has 15 heavy (non-hydrogen) atoms. The summed E-state index contributed by atoms with van der Waals surface area (Å²) in [6.07, 6.45) is 4.41. The van der Waals surface area contributed by atoms with Gasteiger partial charge in [-0.1, -0.05) is 5.21 Å². The molecule has 5 heteroatoms. The molecule has 0 aliphatic carbocycles. The minimum Gasteiger partial charge on any atom is -0.381 e. The Morgan fingerprint density at radius 1 is 1.47 bits per heavy atom. The number of nitrogens with one attached hydrogen (secondary N) is 1. The predicted molar refractivity (Wildman–Crippen MR) is 54.7 cm³/mol. The van der Waals surface area contributed by atoms with Crippen LogP contribution in [0.2, 0.25) is 0 Å². The number of rotatable bonds is 2. The van der Waals surface area contributed by atoms with E-state index in [2.05, 4.69) is 21.8 Å². The molecule has 3 heterocycles. The summed E-state index contributed by atoms with van der Waals surface area (Å²) in [4.78, 5) is 0. The van der Waals surface area contributed by atoms with Gasteiger partial charge in [0.2, 0.25) is 0 Å². The highest BCUT2D eigenvalue weighted by Crippen LogP contribution is 2.24. The smallest absolute Gasteiger partial charge is 0.0881 e. The van der Waals surface area contributed by atoms with E-state index in [1.807, 2.05) is 4.68 Å². The van der Waals surface area contributed by atoms with Crippen molar-refractivity contribution >= 4 is 0 Å². The molecule has 0 saturated carbocycles. The molecule has 0 spiro atoms. The van der Waals surface area contributed by atoms with E-state index in [4.69, 9.17) is 4.74 Å². The van der Waals surface area contributed by atoms with Crippen molar-refractivity contribution in [1.29, 1.82) is 0 Å². The lowest BCUT2D eigenvalue weighted by molar-refractivity contribution is 0.0792. The highest BCUT2D eigenvalue weighted by molar-refractivity contribution is 5.04. The average Bonchev–Trinajstić information content (AvgIpc) is 2.66.